The largest absolute Gasteiger partial charge is 0.458 e. The Morgan fingerprint density at radius 1 is 1.31 bits per heavy atom. The van der Waals surface area contributed by atoms with E-state index in [4.69, 9.17) is 4.74 Å². The number of hydrogen-bond donors (Lipinski definition) is 1. The van der Waals surface area contributed by atoms with Crippen LogP contribution in [0.15, 0.2) is 18.2 Å². The molecule has 0 unspecified atom stereocenters. The maximum absolute atomic E-state index is 12.0. The van der Waals surface area contributed by atoms with Crippen LogP contribution in [0, 0.1) is 11.3 Å². The molecule has 0 heterocycles. The maximum atomic E-state index is 12.0. The second kappa shape index (κ2) is 6.19. The van der Waals surface area contributed by atoms with Crippen molar-refractivity contribution >= 4 is 12.3 Å². The van der Waals surface area contributed by atoms with Gasteiger partial charge in [0.1, 0.15) is 12.4 Å². The van der Waals surface area contributed by atoms with E-state index in [2.05, 4.69) is 13.0 Å². The Labute approximate surface area is 155 Å². The van der Waals surface area contributed by atoms with Gasteiger partial charge in [0.05, 0.1) is 5.60 Å². The molecule has 0 bridgehead atoms. The van der Waals surface area contributed by atoms with E-state index in [0.717, 1.165) is 42.2 Å². The summed E-state index contributed by atoms with van der Waals surface area (Å²) in [6.45, 7) is 9.22. The quantitative estimate of drug-likeness (QED) is 0.650. The van der Waals surface area contributed by atoms with E-state index in [0.29, 0.717) is 6.42 Å². The third-order valence-electron chi connectivity index (χ3n) is 6.72. The van der Waals surface area contributed by atoms with Gasteiger partial charge in [0.25, 0.3) is 0 Å². The second-order valence-corrected chi connectivity index (χ2v) is 9.14. The van der Waals surface area contributed by atoms with E-state index < -0.39 is 11.0 Å². The molecule has 4 atom stereocenters. The van der Waals surface area contributed by atoms with E-state index in [1.807, 2.05) is 19.1 Å². The number of aldehydes is 1. The summed E-state index contributed by atoms with van der Waals surface area (Å²) in [4.78, 5) is 23.7. The van der Waals surface area contributed by atoms with Gasteiger partial charge in [0.2, 0.25) is 0 Å². The van der Waals surface area contributed by atoms with Crippen LogP contribution in [-0.2, 0) is 25.3 Å². The third kappa shape index (κ3) is 2.98. The Kier molecular flexibility index (Phi) is 4.55. The number of carbonyl (C=O) groups excluding carboxylic acids is 2. The maximum Gasteiger partial charge on any atom is 0.303 e. The number of hydrogen-bond acceptors (Lipinski definition) is 4. The molecular formula is C22H30O4. The first kappa shape index (κ1) is 19.1. The summed E-state index contributed by atoms with van der Waals surface area (Å²) < 4.78 is 5.68. The third-order valence-corrected chi connectivity index (χ3v) is 6.72. The fourth-order valence-electron chi connectivity index (χ4n) is 5.29. The molecule has 3 rings (SSSR count). The molecule has 1 aromatic rings. The number of carbonyl (C=O) groups is 2. The summed E-state index contributed by atoms with van der Waals surface area (Å²) >= 11 is 0. The number of fused-ring (bicyclic) bond motifs is 3. The van der Waals surface area contributed by atoms with Crippen LogP contribution < -0.4 is 0 Å². The van der Waals surface area contributed by atoms with Crippen molar-refractivity contribution in [1.82, 2.24) is 0 Å². The highest BCUT2D eigenvalue weighted by molar-refractivity contribution is 5.67. The molecule has 0 radical (unpaired) electrons. The highest BCUT2D eigenvalue weighted by Gasteiger charge is 2.54. The molecule has 0 saturated heterocycles. The number of esters is 1. The standard InChI is InChI=1S/C22H30O4/c1-14(24)26-18-12-19-21(4,13-23)9-6-10-22(19,5)17-8-7-15(11-16(17)18)20(2,3)25/h7-8,11,13,18-19,25H,6,9-10,12H2,1-5H3/t18-,19+,21+,22-/m1/s1. The minimum absolute atomic E-state index is 0.127. The van der Waals surface area contributed by atoms with Crippen LogP contribution in [0.2, 0.25) is 0 Å². The van der Waals surface area contributed by atoms with Gasteiger partial charge in [-0.3, -0.25) is 4.79 Å². The number of rotatable bonds is 3. The second-order valence-electron chi connectivity index (χ2n) is 9.14. The van der Waals surface area contributed by atoms with Crippen molar-refractivity contribution < 1.29 is 19.4 Å². The zero-order valence-corrected chi connectivity index (χ0v) is 16.5. The predicted octanol–water partition coefficient (Wildman–Crippen LogP) is 4.18. The lowest BCUT2D eigenvalue weighted by atomic mass is 9.49. The molecule has 1 fully saturated rings. The van der Waals surface area contributed by atoms with Crippen LogP contribution >= 0.6 is 0 Å². The van der Waals surface area contributed by atoms with E-state index in [1.54, 1.807) is 13.8 Å². The van der Waals surface area contributed by atoms with Crippen molar-refractivity contribution in [3.8, 4) is 0 Å². The predicted molar refractivity (Wildman–Crippen MR) is 99.7 cm³/mol. The van der Waals surface area contributed by atoms with Gasteiger partial charge in [-0.2, -0.15) is 0 Å². The summed E-state index contributed by atoms with van der Waals surface area (Å²) in [5, 5.41) is 10.4. The Hall–Kier alpha value is -1.68. The lowest BCUT2D eigenvalue weighted by Gasteiger charge is -2.54. The summed E-state index contributed by atoms with van der Waals surface area (Å²) in [5.41, 5.74) is 1.45. The van der Waals surface area contributed by atoms with E-state index in [9.17, 15) is 14.7 Å². The van der Waals surface area contributed by atoms with Crippen LogP contribution in [0.5, 0.6) is 0 Å². The van der Waals surface area contributed by atoms with Crippen molar-refractivity contribution in [3.05, 3.63) is 34.9 Å². The van der Waals surface area contributed by atoms with Crippen molar-refractivity contribution in [3.63, 3.8) is 0 Å². The molecule has 1 aromatic carbocycles. The van der Waals surface area contributed by atoms with Crippen LogP contribution in [0.25, 0.3) is 0 Å². The fraction of sp³-hybridized carbons (Fsp3) is 0.636. The van der Waals surface area contributed by atoms with Crippen molar-refractivity contribution in [2.75, 3.05) is 0 Å². The summed E-state index contributed by atoms with van der Waals surface area (Å²) in [7, 11) is 0. The van der Waals surface area contributed by atoms with Gasteiger partial charge in [0.15, 0.2) is 0 Å². The van der Waals surface area contributed by atoms with Crippen LogP contribution in [0.4, 0.5) is 0 Å². The first-order chi connectivity index (χ1) is 12.0. The van der Waals surface area contributed by atoms with Gasteiger partial charge in [-0.15, -0.1) is 0 Å². The first-order valence-corrected chi connectivity index (χ1v) is 9.52. The molecule has 1 N–H and O–H groups in total. The molecular weight excluding hydrogens is 328 g/mol. The van der Waals surface area contributed by atoms with Crippen molar-refractivity contribution in [1.29, 1.82) is 0 Å². The van der Waals surface area contributed by atoms with Gasteiger partial charge in [-0.05, 0) is 67.2 Å². The molecule has 2 aliphatic carbocycles. The van der Waals surface area contributed by atoms with Crippen LogP contribution in [-0.4, -0.2) is 17.4 Å². The molecule has 0 amide bonds. The van der Waals surface area contributed by atoms with Crippen LogP contribution in [0.3, 0.4) is 0 Å². The van der Waals surface area contributed by atoms with Gasteiger partial charge >= 0.3 is 5.97 Å². The molecule has 4 nitrogen and oxygen atoms in total. The Morgan fingerprint density at radius 2 is 2.00 bits per heavy atom. The van der Waals surface area contributed by atoms with Crippen molar-refractivity contribution in [2.45, 2.75) is 77.4 Å². The lowest BCUT2D eigenvalue weighted by Crippen LogP contribution is -2.51. The number of ether oxygens (including phenoxy) is 1. The molecule has 26 heavy (non-hydrogen) atoms. The van der Waals surface area contributed by atoms with Crippen LogP contribution in [0.1, 0.15) is 83.1 Å². The van der Waals surface area contributed by atoms with Gasteiger partial charge in [-0.1, -0.05) is 32.4 Å². The van der Waals surface area contributed by atoms with Gasteiger partial charge in [-0.25, -0.2) is 0 Å². The molecule has 0 aliphatic heterocycles. The minimum atomic E-state index is -0.961. The average molecular weight is 358 g/mol. The fourth-order valence-corrected chi connectivity index (χ4v) is 5.29. The smallest absolute Gasteiger partial charge is 0.303 e. The minimum Gasteiger partial charge on any atom is -0.458 e. The summed E-state index contributed by atoms with van der Waals surface area (Å²) in [6, 6.07) is 6.02. The highest BCUT2D eigenvalue weighted by Crippen LogP contribution is 2.59. The zero-order chi connectivity index (χ0) is 19.3. The SMILES string of the molecule is CC(=O)O[C@@H]1C[C@H]2[C@](C)(C=O)CCC[C@]2(C)c2ccc(C(C)(C)O)cc21. The summed E-state index contributed by atoms with van der Waals surface area (Å²) in [5.74, 6) is -0.187. The Balaban J connectivity index is 2.18. The number of aliphatic hydroxyl groups is 1. The Bertz CT molecular complexity index is 732. The molecule has 1 saturated carbocycles. The average Bonchev–Trinajstić information content (AvgIpc) is 2.55. The van der Waals surface area contributed by atoms with Crippen molar-refractivity contribution in [2.24, 2.45) is 11.3 Å². The Morgan fingerprint density at radius 3 is 2.58 bits per heavy atom. The monoisotopic (exact) mass is 358 g/mol. The zero-order valence-electron chi connectivity index (χ0n) is 16.5. The lowest BCUT2D eigenvalue weighted by molar-refractivity contribution is -0.151. The van der Waals surface area contributed by atoms with Gasteiger partial charge < -0.3 is 14.6 Å². The highest BCUT2D eigenvalue weighted by atomic mass is 16.5. The van der Waals surface area contributed by atoms with Gasteiger partial charge in [0, 0.05) is 12.3 Å². The number of benzene rings is 1. The molecule has 4 heteroatoms. The molecule has 142 valence electrons. The molecule has 0 spiro atoms. The molecule has 2 aliphatic rings. The van der Waals surface area contributed by atoms with E-state index in [-0.39, 0.29) is 23.4 Å². The van der Waals surface area contributed by atoms with E-state index >= 15 is 0 Å². The van der Waals surface area contributed by atoms with E-state index in [1.165, 1.54) is 6.92 Å². The summed E-state index contributed by atoms with van der Waals surface area (Å²) in [6.07, 6.45) is 4.28. The molecule has 0 aromatic heterocycles. The first-order valence-electron chi connectivity index (χ1n) is 9.52. The topological polar surface area (TPSA) is 63.6 Å². The normalized spacial score (nSPS) is 33.8.